The number of hydrogen-bond acceptors (Lipinski definition) is 7. The molecule has 0 aliphatic rings. The molecular weight excluding hydrogens is 565 g/mol. The highest BCUT2D eigenvalue weighted by Crippen LogP contribution is 2.38. The fraction of sp³-hybridized carbons (Fsp3) is 0.346. The molecule has 0 fully saturated rings. The largest absolute Gasteiger partial charge is 0.493 e. The molecule has 0 aliphatic carbocycles. The van der Waals surface area contributed by atoms with Gasteiger partial charge in [0.05, 0.1) is 25.8 Å². The molecule has 0 bridgehead atoms. The topological polar surface area (TPSA) is 122 Å². The normalized spacial score (nSPS) is 11.8. The molecule has 4 aromatic rings. The third kappa shape index (κ3) is 6.81. The molecule has 2 aromatic carbocycles. The third-order valence-electron chi connectivity index (χ3n) is 6.27. The molecule has 1 amide bonds. The van der Waals surface area contributed by atoms with Gasteiger partial charge in [0.25, 0.3) is 0 Å². The minimum atomic E-state index is -0.227. The van der Waals surface area contributed by atoms with E-state index in [0.29, 0.717) is 47.6 Å². The summed E-state index contributed by atoms with van der Waals surface area (Å²) in [6.45, 7) is 2.46. The Labute approximate surface area is 241 Å². The summed E-state index contributed by atoms with van der Waals surface area (Å²) in [6, 6.07) is 11.4. The number of nitrogens with one attached hydrogen (secondary N) is 1. The number of ether oxygens (including phenoxy) is 2. The number of H-pyrrole nitrogens is 1. The molecule has 39 heavy (non-hydrogen) atoms. The number of carbonyl (C=O) groups excluding carboxylic acids is 1. The first-order valence-electron chi connectivity index (χ1n) is 12.1. The zero-order valence-corrected chi connectivity index (χ0v) is 23.9. The molecule has 10 nitrogen and oxygen atoms in total. The number of halogens is 3. The van der Waals surface area contributed by atoms with Crippen LogP contribution in [0.25, 0.3) is 11.4 Å². The number of benzene rings is 2. The van der Waals surface area contributed by atoms with Crippen LogP contribution in [0.2, 0.25) is 15.3 Å². The minimum Gasteiger partial charge on any atom is -0.493 e. The van der Waals surface area contributed by atoms with E-state index in [1.807, 2.05) is 36.4 Å². The first kappa shape index (κ1) is 28.7. The van der Waals surface area contributed by atoms with E-state index in [1.165, 1.54) is 0 Å². The van der Waals surface area contributed by atoms with E-state index in [-0.39, 0.29) is 35.1 Å². The average molecular weight is 592 g/mol. The summed E-state index contributed by atoms with van der Waals surface area (Å²) >= 11 is 19.2. The van der Waals surface area contributed by atoms with Crippen LogP contribution in [0.4, 0.5) is 0 Å². The van der Waals surface area contributed by atoms with Gasteiger partial charge in [-0.05, 0) is 46.4 Å². The van der Waals surface area contributed by atoms with Crippen LogP contribution in [0.5, 0.6) is 11.5 Å². The molecule has 1 N–H and O–H groups in total. The Bertz CT molecular complexity index is 1430. The summed E-state index contributed by atoms with van der Waals surface area (Å²) in [5, 5.41) is 19.2. The number of rotatable bonds is 12. The van der Waals surface area contributed by atoms with Gasteiger partial charge in [-0.25, -0.2) is 15.4 Å². The predicted molar refractivity (Wildman–Crippen MR) is 148 cm³/mol. The van der Waals surface area contributed by atoms with Crippen molar-refractivity contribution in [1.29, 1.82) is 0 Å². The second kappa shape index (κ2) is 13.1. The van der Waals surface area contributed by atoms with Crippen LogP contribution in [0.3, 0.4) is 0 Å². The van der Waals surface area contributed by atoms with Gasteiger partial charge in [0.2, 0.25) is 5.91 Å². The molecule has 205 valence electrons. The van der Waals surface area contributed by atoms with Crippen molar-refractivity contribution in [1.82, 2.24) is 35.5 Å². The van der Waals surface area contributed by atoms with Crippen LogP contribution in [0.1, 0.15) is 36.7 Å². The fourth-order valence-corrected chi connectivity index (χ4v) is 4.94. The number of imidazole rings is 1. The fourth-order valence-electron chi connectivity index (χ4n) is 4.23. The zero-order valence-electron chi connectivity index (χ0n) is 21.6. The second-order valence-electron chi connectivity index (χ2n) is 8.93. The van der Waals surface area contributed by atoms with Gasteiger partial charge in [0.15, 0.2) is 22.5 Å². The Balaban J connectivity index is 1.36. The van der Waals surface area contributed by atoms with Gasteiger partial charge in [0.1, 0.15) is 17.5 Å². The summed E-state index contributed by atoms with van der Waals surface area (Å²) < 4.78 is 12.4. The summed E-state index contributed by atoms with van der Waals surface area (Å²) in [7, 11) is 3.12. The Hall–Kier alpha value is -3.34. The number of amides is 1. The van der Waals surface area contributed by atoms with Crippen molar-refractivity contribution in [3.8, 4) is 22.9 Å². The monoisotopic (exact) mass is 590 g/mol. The van der Waals surface area contributed by atoms with E-state index in [4.69, 9.17) is 44.3 Å². The summed E-state index contributed by atoms with van der Waals surface area (Å²) in [4.78, 5) is 17.0. The SMILES string of the molecule is COc1ccc(CC(C)CCC(=O)[N]Cc2nc(Cl)c(Cl)n2Cc2ccccc2-c2nnn[nH]2)c(Cl)c1OC. The number of hydrogen-bond donors (Lipinski definition) is 1. The molecule has 1 radical (unpaired) electrons. The highest BCUT2D eigenvalue weighted by Gasteiger charge is 2.19. The lowest BCUT2D eigenvalue weighted by Gasteiger charge is -2.16. The van der Waals surface area contributed by atoms with E-state index in [0.717, 1.165) is 16.7 Å². The van der Waals surface area contributed by atoms with Gasteiger partial charge in [0, 0.05) is 12.0 Å². The molecule has 4 rings (SSSR count). The van der Waals surface area contributed by atoms with E-state index >= 15 is 0 Å². The first-order chi connectivity index (χ1) is 18.8. The van der Waals surface area contributed by atoms with Gasteiger partial charge in [-0.2, -0.15) is 0 Å². The van der Waals surface area contributed by atoms with Crippen molar-refractivity contribution in [3.05, 3.63) is 68.7 Å². The van der Waals surface area contributed by atoms with Crippen LogP contribution >= 0.6 is 34.8 Å². The van der Waals surface area contributed by atoms with Crippen LogP contribution in [-0.4, -0.2) is 50.3 Å². The first-order valence-corrected chi connectivity index (χ1v) is 13.3. The zero-order chi connectivity index (χ0) is 27.9. The van der Waals surface area contributed by atoms with Crippen LogP contribution in [0.15, 0.2) is 36.4 Å². The number of aromatic nitrogens is 6. The number of methoxy groups -OCH3 is 2. The quantitative estimate of drug-likeness (QED) is 0.235. The van der Waals surface area contributed by atoms with Crippen LogP contribution in [0, 0.1) is 5.92 Å². The summed E-state index contributed by atoms with van der Waals surface area (Å²) in [6.07, 6.45) is 1.61. The minimum absolute atomic E-state index is 0.0488. The molecule has 0 saturated carbocycles. The Morgan fingerprint density at radius 3 is 2.62 bits per heavy atom. The van der Waals surface area contributed by atoms with E-state index in [9.17, 15) is 4.79 Å². The molecule has 0 spiro atoms. The summed E-state index contributed by atoms with van der Waals surface area (Å²) in [5.74, 6) is 2.04. The summed E-state index contributed by atoms with van der Waals surface area (Å²) in [5.41, 5.74) is 2.63. The van der Waals surface area contributed by atoms with Crippen LogP contribution < -0.4 is 14.8 Å². The average Bonchev–Trinajstić information content (AvgIpc) is 3.56. The molecule has 2 aromatic heterocycles. The van der Waals surface area contributed by atoms with Crippen LogP contribution in [-0.2, 0) is 24.3 Å². The van der Waals surface area contributed by atoms with E-state index in [2.05, 4.69) is 37.8 Å². The second-order valence-corrected chi connectivity index (χ2v) is 10.0. The standard InChI is InChI=1S/C26H27Cl3N7O3/c1-15(12-16-9-10-19(38-2)23(39-3)22(16)27)8-11-21(37)30-13-20-31-24(28)25(29)36(20)14-17-6-4-5-7-18(17)26-32-34-35-33-26/h4-7,9-10,15H,8,11-14H2,1-3H3,(H,32,33,34,35). The van der Waals surface area contributed by atoms with Gasteiger partial charge < -0.3 is 14.0 Å². The van der Waals surface area contributed by atoms with E-state index in [1.54, 1.807) is 18.8 Å². The molecule has 1 unspecified atom stereocenters. The number of carbonyl (C=O) groups is 1. The molecule has 1 atom stereocenters. The van der Waals surface area contributed by atoms with Crippen molar-refractivity contribution in [2.75, 3.05) is 14.2 Å². The highest BCUT2D eigenvalue weighted by atomic mass is 35.5. The lowest BCUT2D eigenvalue weighted by atomic mass is 9.96. The third-order valence-corrected chi connectivity index (χ3v) is 7.43. The maximum Gasteiger partial charge on any atom is 0.241 e. The molecular formula is C26H27Cl3N7O3. The Morgan fingerprint density at radius 1 is 1.10 bits per heavy atom. The van der Waals surface area contributed by atoms with Crippen molar-refractivity contribution < 1.29 is 14.3 Å². The van der Waals surface area contributed by atoms with Gasteiger partial charge in [-0.3, -0.25) is 4.79 Å². The smallest absolute Gasteiger partial charge is 0.241 e. The molecule has 2 heterocycles. The Morgan fingerprint density at radius 2 is 1.90 bits per heavy atom. The van der Waals surface area contributed by atoms with Crippen molar-refractivity contribution >= 4 is 40.7 Å². The maximum absolute atomic E-state index is 12.6. The number of aromatic amines is 1. The van der Waals surface area contributed by atoms with Crippen molar-refractivity contribution in [2.45, 2.75) is 39.3 Å². The Kier molecular flexibility index (Phi) is 9.66. The predicted octanol–water partition coefficient (Wildman–Crippen LogP) is 5.38. The number of nitrogens with zero attached hydrogens (tertiary/aromatic N) is 6. The van der Waals surface area contributed by atoms with Crippen molar-refractivity contribution in [2.24, 2.45) is 5.92 Å². The van der Waals surface area contributed by atoms with Crippen molar-refractivity contribution in [3.63, 3.8) is 0 Å². The highest BCUT2D eigenvalue weighted by molar-refractivity contribution is 6.40. The molecule has 0 saturated heterocycles. The molecule has 13 heteroatoms. The lowest BCUT2D eigenvalue weighted by Crippen LogP contribution is -2.19. The number of tetrazole rings is 1. The van der Waals surface area contributed by atoms with E-state index < -0.39 is 0 Å². The molecule has 0 aliphatic heterocycles. The van der Waals surface area contributed by atoms with Gasteiger partial charge in [-0.15, -0.1) is 5.10 Å². The maximum atomic E-state index is 12.6. The van der Waals surface area contributed by atoms with Gasteiger partial charge in [-0.1, -0.05) is 72.1 Å². The lowest BCUT2D eigenvalue weighted by molar-refractivity contribution is -0.121. The van der Waals surface area contributed by atoms with Gasteiger partial charge >= 0.3 is 0 Å².